The number of nitrogens with one attached hydrogen (secondary N) is 2. The minimum atomic E-state index is -0.387. The van der Waals surface area contributed by atoms with Crippen LogP contribution in [-0.4, -0.2) is 38.9 Å². The molecule has 156 valence electrons. The van der Waals surface area contributed by atoms with E-state index in [0.717, 1.165) is 0 Å². The SMILES string of the molecule is C#CCOc1ccc(C=NNC(=O)CCC(=O)Nc2ccccc2OC)cc1OC. The fraction of sp³-hybridized carbons (Fsp3) is 0.227. The second kappa shape index (κ2) is 11.8. The van der Waals surface area contributed by atoms with Crippen LogP contribution in [0.15, 0.2) is 47.6 Å². The molecule has 0 bridgehead atoms. The van der Waals surface area contributed by atoms with Gasteiger partial charge in [0.05, 0.1) is 26.1 Å². The summed E-state index contributed by atoms with van der Waals surface area (Å²) in [6.07, 6.45) is 6.63. The van der Waals surface area contributed by atoms with Crippen molar-refractivity contribution in [1.82, 2.24) is 5.43 Å². The van der Waals surface area contributed by atoms with E-state index in [0.29, 0.717) is 28.5 Å². The first-order chi connectivity index (χ1) is 14.6. The minimum Gasteiger partial charge on any atom is -0.495 e. The number of methoxy groups -OCH3 is 2. The van der Waals surface area contributed by atoms with Gasteiger partial charge in [-0.25, -0.2) is 5.43 Å². The normalized spacial score (nSPS) is 10.2. The Morgan fingerprint density at radius 3 is 2.50 bits per heavy atom. The summed E-state index contributed by atoms with van der Waals surface area (Å²) in [4.78, 5) is 24.0. The van der Waals surface area contributed by atoms with Crippen molar-refractivity contribution < 1.29 is 23.8 Å². The highest BCUT2D eigenvalue weighted by atomic mass is 16.5. The fourth-order valence-electron chi connectivity index (χ4n) is 2.43. The van der Waals surface area contributed by atoms with Gasteiger partial charge in [-0.3, -0.25) is 9.59 Å². The number of hydrogen-bond donors (Lipinski definition) is 2. The zero-order chi connectivity index (χ0) is 21.8. The molecule has 0 aromatic heterocycles. The van der Waals surface area contributed by atoms with E-state index in [9.17, 15) is 9.59 Å². The minimum absolute atomic E-state index is 0.00837. The molecule has 0 fully saturated rings. The Hall–Kier alpha value is -3.99. The summed E-state index contributed by atoms with van der Waals surface area (Å²) in [5, 5.41) is 6.60. The van der Waals surface area contributed by atoms with Gasteiger partial charge in [0.15, 0.2) is 11.5 Å². The molecule has 0 aliphatic heterocycles. The van der Waals surface area contributed by atoms with E-state index in [1.54, 1.807) is 42.5 Å². The van der Waals surface area contributed by atoms with Gasteiger partial charge < -0.3 is 19.5 Å². The molecule has 0 saturated heterocycles. The maximum Gasteiger partial charge on any atom is 0.240 e. The molecule has 0 radical (unpaired) electrons. The predicted octanol–water partition coefficient (Wildman–Crippen LogP) is 2.58. The predicted molar refractivity (Wildman–Crippen MR) is 114 cm³/mol. The molecule has 0 aliphatic rings. The number of benzene rings is 2. The lowest BCUT2D eigenvalue weighted by Crippen LogP contribution is -2.20. The largest absolute Gasteiger partial charge is 0.495 e. The highest BCUT2D eigenvalue weighted by Crippen LogP contribution is 2.27. The fourth-order valence-corrected chi connectivity index (χ4v) is 2.43. The molecule has 0 spiro atoms. The zero-order valence-electron chi connectivity index (χ0n) is 16.8. The second-order valence-corrected chi connectivity index (χ2v) is 5.94. The summed E-state index contributed by atoms with van der Waals surface area (Å²) < 4.78 is 15.8. The molecule has 8 heteroatoms. The molecule has 2 aromatic carbocycles. The van der Waals surface area contributed by atoms with Crippen LogP contribution in [0.2, 0.25) is 0 Å². The van der Waals surface area contributed by atoms with Crippen LogP contribution < -0.4 is 25.0 Å². The Morgan fingerprint density at radius 1 is 1.03 bits per heavy atom. The lowest BCUT2D eigenvalue weighted by Gasteiger charge is -2.09. The van der Waals surface area contributed by atoms with Gasteiger partial charge in [-0.05, 0) is 35.9 Å². The van der Waals surface area contributed by atoms with Crippen LogP contribution in [0.4, 0.5) is 5.69 Å². The van der Waals surface area contributed by atoms with E-state index < -0.39 is 0 Å². The topological polar surface area (TPSA) is 98.2 Å². The molecular formula is C22H23N3O5. The van der Waals surface area contributed by atoms with Gasteiger partial charge in [0.1, 0.15) is 12.4 Å². The summed E-state index contributed by atoms with van der Waals surface area (Å²) in [5.74, 6) is 3.25. The molecule has 0 saturated carbocycles. The van der Waals surface area contributed by atoms with E-state index in [1.165, 1.54) is 20.4 Å². The highest BCUT2D eigenvalue weighted by Gasteiger charge is 2.09. The zero-order valence-corrected chi connectivity index (χ0v) is 16.8. The average Bonchev–Trinajstić information content (AvgIpc) is 2.77. The third-order valence-electron chi connectivity index (χ3n) is 3.86. The quantitative estimate of drug-likeness (QED) is 0.357. The van der Waals surface area contributed by atoms with Crippen LogP contribution in [0.5, 0.6) is 17.2 Å². The van der Waals surface area contributed by atoms with Gasteiger partial charge in [-0.15, -0.1) is 6.42 Å². The molecule has 2 amide bonds. The lowest BCUT2D eigenvalue weighted by molar-refractivity contribution is -0.124. The Balaban J connectivity index is 1.82. The lowest BCUT2D eigenvalue weighted by atomic mass is 10.2. The molecule has 0 heterocycles. The summed E-state index contributed by atoms with van der Waals surface area (Å²) in [6, 6.07) is 12.2. The Bertz CT molecular complexity index is 950. The molecule has 2 rings (SSSR count). The Kier molecular flexibility index (Phi) is 8.74. The third-order valence-corrected chi connectivity index (χ3v) is 3.86. The maximum atomic E-state index is 12.0. The summed E-state index contributed by atoms with van der Waals surface area (Å²) in [7, 11) is 3.03. The van der Waals surface area contributed by atoms with Crippen LogP contribution in [0.3, 0.4) is 0 Å². The summed E-state index contributed by atoms with van der Waals surface area (Å²) in [5.41, 5.74) is 3.62. The summed E-state index contributed by atoms with van der Waals surface area (Å²) >= 11 is 0. The standard InChI is InChI=1S/C22H23N3O5/c1-4-13-30-19-10-9-16(14-20(19)29-3)15-23-25-22(27)12-11-21(26)24-17-7-5-6-8-18(17)28-2/h1,5-10,14-15H,11-13H2,2-3H3,(H,24,26)(H,25,27). The first-order valence-electron chi connectivity index (χ1n) is 9.06. The number of rotatable bonds is 10. The second-order valence-electron chi connectivity index (χ2n) is 5.94. The first kappa shape index (κ1) is 22.3. The average molecular weight is 409 g/mol. The van der Waals surface area contributed by atoms with Crippen molar-refractivity contribution >= 4 is 23.7 Å². The number of ether oxygens (including phenoxy) is 3. The molecule has 0 atom stereocenters. The van der Waals surface area contributed by atoms with Crippen LogP contribution in [-0.2, 0) is 9.59 Å². The number of carbonyl (C=O) groups is 2. The molecule has 8 nitrogen and oxygen atoms in total. The van der Waals surface area contributed by atoms with Gasteiger partial charge in [0.2, 0.25) is 11.8 Å². The van der Waals surface area contributed by atoms with Crippen molar-refractivity contribution in [3.63, 3.8) is 0 Å². The Morgan fingerprint density at radius 2 is 1.77 bits per heavy atom. The summed E-state index contributed by atoms with van der Waals surface area (Å²) in [6.45, 7) is 0.129. The number of amides is 2. The van der Waals surface area contributed by atoms with Gasteiger partial charge in [-0.2, -0.15) is 5.10 Å². The number of anilines is 1. The monoisotopic (exact) mass is 409 g/mol. The van der Waals surface area contributed by atoms with E-state index >= 15 is 0 Å². The molecule has 2 aromatic rings. The van der Waals surface area contributed by atoms with Crippen LogP contribution in [0.1, 0.15) is 18.4 Å². The van der Waals surface area contributed by atoms with Crippen molar-refractivity contribution in [2.24, 2.45) is 5.10 Å². The smallest absolute Gasteiger partial charge is 0.240 e. The van der Waals surface area contributed by atoms with Gasteiger partial charge in [-0.1, -0.05) is 18.1 Å². The maximum absolute atomic E-state index is 12.0. The molecular weight excluding hydrogens is 386 g/mol. The molecule has 2 N–H and O–H groups in total. The van der Waals surface area contributed by atoms with Gasteiger partial charge >= 0.3 is 0 Å². The third kappa shape index (κ3) is 6.87. The van der Waals surface area contributed by atoms with Crippen molar-refractivity contribution in [3.8, 4) is 29.6 Å². The number of para-hydroxylation sites is 2. The molecule has 30 heavy (non-hydrogen) atoms. The first-order valence-corrected chi connectivity index (χ1v) is 9.06. The van der Waals surface area contributed by atoms with Crippen molar-refractivity contribution in [2.75, 3.05) is 26.1 Å². The number of hydrogen-bond acceptors (Lipinski definition) is 6. The van der Waals surface area contributed by atoms with Crippen molar-refractivity contribution in [2.45, 2.75) is 12.8 Å². The number of nitrogens with zero attached hydrogens (tertiary/aromatic N) is 1. The van der Waals surface area contributed by atoms with Crippen molar-refractivity contribution in [1.29, 1.82) is 0 Å². The number of carbonyl (C=O) groups excluding carboxylic acids is 2. The van der Waals surface area contributed by atoms with Gasteiger partial charge in [0.25, 0.3) is 0 Å². The van der Waals surface area contributed by atoms with Gasteiger partial charge in [0, 0.05) is 12.8 Å². The van der Waals surface area contributed by atoms with Crippen LogP contribution >= 0.6 is 0 Å². The molecule has 0 unspecified atom stereocenters. The van der Waals surface area contributed by atoms with Crippen LogP contribution in [0, 0.1) is 12.3 Å². The van der Waals surface area contributed by atoms with Crippen molar-refractivity contribution in [3.05, 3.63) is 48.0 Å². The number of hydrazone groups is 1. The molecule has 0 aliphatic carbocycles. The number of terminal acetylenes is 1. The van der Waals surface area contributed by atoms with Crippen LogP contribution in [0.25, 0.3) is 0 Å². The van der Waals surface area contributed by atoms with E-state index in [4.69, 9.17) is 20.6 Å². The van der Waals surface area contributed by atoms with E-state index in [2.05, 4.69) is 21.8 Å². The highest BCUT2D eigenvalue weighted by molar-refractivity contribution is 5.94. The van der Waals surface area contributed by atoms with E-state index in [-0.39, 0.29) is 31.3 Å². The Labute approximate surface area is 175 Å². The van der Waals surface area contributed by atoms with E-state index in [1.807, 2.05) is 0 Å².